The number of ether oxygens (including phenoxy) is 2. The quantitative estimate of drug-likeness (QED) is 0.217. The molecule has 0 bridgehead atoms. The number of benzene rings is 1. The second-order valence-electron chi connectivity index (χ2n) is 12.4. The van der Waals surface area contributed by atoms with E-state index < -0.39 is 11.7 Å². The number of hydrogen-bond donors (Lipinski definition) is 2. The molecule has 0 saturated carbocycles. The van der Waals surface area contributed by atoms with Gasteiger partial charge in [0.2, 0.25) is 0 Å². The number of aromatic hydroxyl groups is 1. The Balaban J connectivity index is 2.36. The highest BCUT2D eigenvalue weighted by Crippen LogP contribution is 2.48. The summed E-state index contributed by atoms with van der Waals surface area (Å²) in [6, 6.07) is 4.05. The van der Waals surface area contributed by atoms with Gasteiger partial charge in [-0.15, -0.1) is 0 Å². The third kappa shape index (κ3) is 9.43. The van der Waals surface area contributed by atoms with E-state index in [0.717, 1.165) is 42.4 Å². The summed E-state index contributed by atoms with van der Waals surface area (Å²) in [4.78, 5) is 12.1. The van der Waals surface area contributed by atoms with E-state index in [9.17, 15) is 9.90 Å². The highest BCUT2D eigenvalue weighted by atomic mass is 16.6. The molecule has 0 aliphatic heterocycles. The Hall–Kier alpha value is -2.43. The molecule has 0 radical (unpaired) electrons. The van der Waals surface area contributed by atoms with Crippen molar-refractivity contribution in [2.75, 3.05) is 13.2 Å². The summed E-state index contributed by atoms with van der Waals surface area (Å²) in [5, 5.41) is 14.2. The molecule has 1 aromatic carbocycles. The largest absolute Gasteiger partial charge is 0.507 e. The van der Waals surface area contributed by atoms with Crippen LogP contribution in [-0.4, -0.2) is 30.0 Å². The number of carbonyl (C=O) groups excluding carboxylic acids is 1. The van der Waals surface area contributed by atoms with E-state index in [1.165, 1.54) is 24.8 Å². The van der Waals surface area contributed by atoms with E-state index in [-0.39, 0.29) is 29.6 Å². The number of alkyl carbamates (subject to hydrolysis) is 1. The molecule has 1 aliphatic carbocycles. The number of nitrogens with one attached hydrogen (secondary N) is 1. The van der Waals surface area contributed by atoms with Gasteiger partial charge in [-0.2, -0.15) is 0 Å². The van der Waals surface area contributed by atoms with Crippen LogP contribution in [0.1, 0.15) is 117 Å². The monoisotopic (exact) mass is 513 g/mol. The van der Waals surface area contributed by atoms with Crippen LogP contribution in [0.2, 0.25) is 0 Å². The van der Waals surface area contributed by atoms with Crippen molar-refractivity contribution in [3.8, 4) is 11.5 Å². The van der Waals surface area contributed by atoms with Gasteiger partial charge in [0, 0.05) is 11.5 Å². The van der Waals surface area contributed by atoms with Gasteiger partial charge >= 0.3 is 6.09 Å². The third-order valence-electron chi connectivity index (χ3n) is 7.30. The maximum absolute atomic E-state index is 12.1. The minimum atomic E-state index is -0.552. The maximum Gasteiger partial charge on any atom is 0.407 e. The fourth-order valence-corrected chi connectivity index (χ4v) is 5.13. The van der Waals surface area contributed by atoms with Gasteiger partial charge < -0.3 is 19.9 Å². The summed E-state index contributed by atoms with van der Waals surface area (Å²) in [6.07, 6.45) is 9.71. The van der Waals surface area contributed by atoms with E-state index in [4.69, 9.17) is 9.47 Å². The van der Waals surface area contributed by atoms with Crippen molar-refractivity contribution in [2.24, 2.45) is 5.92 Å². The Morgan fingerprint density at radius 2 is 1.86 bits per heavy atom. The molecule has 0 fully saturated rings. The maximum atomic E-state index is 12.1. The number of rotatable bonds is 12. The summed E-state index contributed by atoms with van der Waals surface area (Å²) >= 11 is 0. The molecular formula is C32H51NO4. The number of hydrogen-bond acceptors (Lipinski definition) is 4. The molecule has 208 valence electrons. The minimum Gasteiger partial charge on any atom is -0.507 e. The van der Waals surface area contributed by atoms with Gasteiger partial charge in [-0.3, -0.25) is 0 Å². The summed E-state index contributed by atoms with van der Waals surface area (Å²) in [5.74, 6) is 1.20. The zero-order valence-corrected chi connectivity index (χ0v) is 24.6. The summed E-state index contributed by atoms with van der Waals surface area (Å²) in [6.45, 7) is 21.3. The Bertz CT molecular complexity index is 954. The average molecular weight is 514 g/mol. The molecule has 2 unspecified atom stereocenters. The lowest BCUT2D eigenvalue weighted by Crippen LogP contribution is -2.34. The molecule has 0 saturated heterocycles. The van der Waals surface area contributed by atoms with Crippen LogP contribution in [-0.2, 0) is 10.2 Å². The van der Waals surface area contributed by atoms with Crippen molar-refractivity contribution < 1.29 is 19.4 Å². The third-order valence-corrected chi connectivity index (χ3v) is 7.30. The molecule has 0 spiro atoms. The molecule has 2 rings (SSSR count). The van der Waals surface area contributed by atoms with Crippen LogP contribution in [0, 0.1) is 5.92 Å². The van der Waals surface area contributed by atoms with Crippen LogP contribution in [0.15, 0.2) is 35.9 Å². The Labute approximate surface area is 225 Å². The summed E-state index contributed by atoms with van der Waals surface area (Å²) in [5.41, 5.74) is 3.68. The molecule has 37 heavy (non-hydrogen) atoms. The van der Waals surface area contributed by atoms with Crippen molar-refractivity contribution in [1.82, 2.24) is 5.32 Å². The molecule has 5 heteroatoms. The lowest BCUT2D eigenvalue weighted by atomic mass is 9.72. The molecular weight excluding hydrogens is 462 g/mol. The molecule has 1 aliphatic rings. The lowest BCUT2D eigenvalue weighted by Gasteiger charge is -2.33. The normalized spacial score (nSPS) is 18.2. The van der Waals surface area contributed by atoms with Gasteiger partial charge in [0.05, 0.1) is 6.54 Å². The van der Waals surface area contributed by atoms with Gasteiger partial charge in [0.1, 0.15) is 23.7 Å². The van der Waals surface area contributed by atoms with E-state index in [2.05, 4.69) is 58.7 Å². The van der Waals surface area contributed by atoms with Crippen LogP contribution >= 0.6 is 0 Å². The SMILES string of the molecule is C=C(C)C1CCC(C)=CC1c1c(O)cc(C(C)(C)CCCCCC)cc1OCCNC(=O)OC(C)(C)C. The molecule has 2 N–H and O–H groups in total. The van der Waals surface area contributed by atoms with E-state index >= 15 is 0 Å². The Morgan fingerprint density at radius 1 is 1.16 bits per heavy atom. The van der Waals surface area contributed by atoms with Gasteiger partial charge in [0.15, 0.2) is 0 Å². The molecule has 0 aromatic heterocycles. The number of unbranched alkanes of at least 4 members (excludes halogenated alkanes) is 3. The van der Waals surface area contributed by atoms with E-state index in [1.807, 2.05) is 26.8 Å². The predicted molar refractivity (Wildman–Crippen MR) is 154 cm³/mol. The van der Waals surface area contributed by atoms with Gasteiger partial charge in [-0.25, -0.2) is 4.79 Å². The molecule has 5 nitrogen and oxygen atoms in total. The number of phenols is 1. The zero-order chi connectivity index (χ0) is 27.8. The number of phenolic OH excluding ortho intramolecular Hbond substituents is 1. The van der Waals surface area contributed by atoms with Crippen molar-refractivity contribution >= 4 is 6.09 Å². The van der Waals surface area contributed by atoms with Crippen LogP contribution in [0.4, 0.5) is 4.79 Å². The molecule has 0 heterocycles. The molecule has 2 atom stereocenters. The topological polar surface area (TPSA) is 67.8 Å². The smallest absolute Gasteiger partial charge is 0.407 e. The second kappa shape index (κ2) is 13.4. The standard InChI is InChI=1S/C32H51NO4/c1-10-11-12-13-16-32(8,9)24-20-27(34)29(26-19-23(4)14-15-25(26)22(2)3)28(21-24)36-18-17-33-30(35)37-31(5,6)7/h19-21,25-26,34H,2,10-18H2,1,3-9H3,(H,33,35). The lowest BCUT2D eigenvalue weighted by molar-refractivity contribution is 0.0520. The molecule has 1 amide bonds. The van der Waals surface area contributed by atoms with Crippen LogP contribution < -0.4 is 10.1 Å². The van der Waals surface area contributed by atoms with Crippen molar-refractivity contribution in [3.63, 3.8) is 0 Å². The first-order chi connectivity index (χ1) is 17.2. The fourth-order valence-electron chi connectivity index (χ4n) is 5.13. The van der Waals surface area contributed by atoms with Gasteiger partial charge in [-0.05, 0) is 82.9 Å². The first-order valence-corrected chi connectivity index (χ1v) is 14.0. The number of carbonyl (C=O) groups is 1. The minimum absolute atomic E-state index is 0.00165. The zero-order valence-electron chi connectivity index (χ0n) is 24.6. The van der Waals surface area contributed by atoms with E-state index in [1.54, 1.807) is 0 Å². The van der Waals surface area contributed by atoms with Gasteiger partial charge in [0.25, 0.3) is 0 Å². The Morgan fingerprint density at radius 3 is 2.49 bits per heavy atom. The number of amides is 1. The van der Waals surface area contributed by atoms with Gasteiger partial charge in [-0.1, -0.05) is 70.3 Å². The number of allylic oxidation sites excluding steroid dienone is 3. The van der Waals surface area contributed by atoms with Crippen LogP contribution in [0.3, 0.4) is 0 Å². The highest BCUT2D eigenvalue weighted by Gasteiger charge is 2.32. The first-order valence-electron chi connectivity index (χ1n) is 14.0. The van der Waals surface area contributed by atoms with Crippen molar-refractivity contribution in [2.45, 2.75) is 117 Å². The second-order valence-corrected chi connectivity index (χ2v) is 12.4. The summed E-state index contributed by atoms with van der Waals surface area (Å²) < 4.78 is 11.6. The average Bonchev–Trinajstić information content (AvgIpc) is 2.78. The highest BCUT2D eigenvalue weighted by molar-refractivity contribution is 5.67. The van der Waals surface area contributed by atoms with Crippen molar-refractivity contribution in [1.29, 1.82) is 0 Å². The predicted octanol–water partition coefficient (Wildman–Crippen LogP) is 8.56. The fraction of sp³-hybridized carbons (Fsp3) is 0.656. The van der Waals surface area contributed by atoms with Crippen LogP contribution in [0.25, 0.3) is 0 Å². The Kier molecular flexibility index (Phi) is 11.1. The van der Waals surface area contributed by atoms with Crippen molar-refractivity contribution in [3.05, 3.63) is 47.1 Å². The summed E-state index contributed by atoms with van der Waals surface area (Å²) in [7, 11) is 0. The first kappa shape index (κ1) is 30.8. The van der Waals surface area contributed by atoms with Crippen LogP contribution in [0.5, 0.6) is 11.5 Å². The van der Waals surface area contributed by atoms with E-state index in [0.29, 0.717) is 12.3 Å². The molecule has 1 aromatic rings.